The lowest BCUT2D eigenvalue weighted by atomic mass is 10.3. The molecule has 0 aliphatic rings. The van der Waals surface area contributed by atoms with Gasteiger partial charge in [0.15, 0.2) is 0 Å². The molecular weight excluding hydrogens is 408 g/mol. The fraction of sp³-hybridized carbons (Fsp3) is 0.278. The molecule has 0 saturated carbocycles. The summed E-state index contributed by atoms with van der Waals surface area (Å²) in [6.07, 6.45) is 1.03. The fourth-order valence-corrected chi connectivity index (χ4v) is 4.11. The molecule has 6 nitrogen and oxygen atoms in total. The number of carbonyl (C=O) groups excluding carboxylic acids is 1. The van der Waals surface area contributed by atoms with Gasteiger partial charge in [-0.3, -0.25) is 9.10 Å². The third-order valence-electron chi connectivity index (χ3n) is 3.53. The van der Waals surface area contributed by atoms with Gasteiger partial charge < -0.3 is 10.1 Å². The number of anilines is 1. The molecule has 146 valence electrons. The van der Waals surface area contributed by atoms with E-state index in [9.17, 15) is 13.2 Å². The lowest BCUT2D eigenvalue weighted by Crippen LogP contribution is -2.41. The largest absolute Gasteiger partial charge is 0.495 e. The molecule has 0 fully saturated rings. The summed E-state index contributed by atoms with van der Waals surface area (Å²) in [7, 11) is -2.28. The van der Waals surface area contributed by atoms with Gasteiger partial charge >= 0.3 is 0 Å². The van der Waals surface area contributed by atoms with E-state index in [1.807, 2.05) is 30.3 Å². The summed E-state index contributed by atoms with van der Waals surface area (Å²) in [5.74, 6) is 0.586. The van der Waals surface area contributed by atoms with Crippen molar-refractivity contribution in [3.8, 4) is 5.75 Å². The van der Waals surface area contributed by atoms with Crippen LogP contribution in [0.2, 0.25) is 5.02 Å². The minimum atomic E-state index is -3.71. The Morgan fingerprint density at radius 1 is 1.22 bits per heavy atom. The molecule has 1 amide bonds. The third-order valence-corrected chi connectivity index (χ3v) is 5.91. The van der Waals surface area contributed by atoms with E-state index in [4.69, 9.17) is 16.3 Å². The number of amides is 1. The van der Waals surface area contributed by atoms with E-state index in [0.717, 1.165) is 15.5 Å². The van der Waals surface area contributed by atoms with E-state index < -0.39 is 15.9 Å². The van der Waals surface area contributed by atoms with Gasteiger partial charge in [-0.1, -0.05) is 29.8 Å². The second kappa shape index (κ2) is 9.87. The van der Waals surface area contributed by atoms with Crippen LogP contribution < -0.4 is 14.4 Å². The van der Waals surface area contributed by atoms with E-state index in [2.05, 4.69) is 5.32 Å². The second-order valence-electron chi connectivity index (χ2n) is 5.60. The first-order valence-corrected chi connectivity index (χ1v) is 11.3. The van der Waals surface area contributed by atoms with E-state index in [-0.39, 0.29) is 12.2 Å². The van der Waals surface area contributed by atoms with Gasteiger partial charge in [-0.15, -0.1) is 11.8 Å². The fourth-order valence-electron chi connectivity index (χ4n) is 2.30. The highest BCUT2D eigenvalue weighted by Gasteiger charge is 2.24. The summed E-state index contributed by atoms with van der Waals surface area (Å²) in [6, 6.07) is 14.4. The van der Waals surface area contributed by atoms with Crippen molar-refractivity contribution in [3.05, 3.63) is 53.6 Å². The van der Waals surface area contributed by atoms with Crippen molar-refractivity contribution in [1.29, 1.82) is 0 Å². The van der Waals surface area contributed by atoms with E-state index >= 15 is 0 Å². The van der Waals surface area contributed by atoms with Crippen molar-refractivity contribution >= 4 is 45.0 Å². The molecule has 0 bridgehead atoms. The van der Waals surface area contributed by atoms with Crippen LogP contribution in [0.15, 0.2) is 53.4 Å². The number of ether oxygens (including phenoxy) is 1. The SMILES string of the molecule is COc1ccc(Cl)cc1N(CC(=O)NCCSc1ccccc1)S(C)(=O)=O. The summed E-state index contributed by atoms with van der Waals surface area (Å²) in [5, 5.41) is 3.08. The number of methoxy groups -OCH3 is 1. The van der Waals surface area contributed by atoms with Crippen LogP contribution in [0.25, 0.3) is 0 Å². The molecule has 0 saturated heterocycles. The van der Waals surface area contributed by atoms with Gasteiger partial charge in [0.2, 0.25) is 15.9 Å². The first-order valence-electron chi connectivity index (χ1n) is 8.07. The smallest absolute Gasteiger partial charge is 0.240 e. The number of nitrogens with one attached hydrogen (secondary N) is 1. The molecule has 0 aliphatic heterocycles. The summed E-state index contributed by atoms with van der Waals surface area (Å²) < 4.78 is 30.6. The number of hydrogen-bond acceptors (Lipinski definition) is 5. The highest BCUT2D eigenvalue weighted by Crippen LogP contribution is 2.32. The highest BCUT2D eigenvalue weighted by molar-refractivity contribution is 7.99. The Morgan fingerprint density at radius 2 is 1.93 bits per heavy atom. The molecule has 0 unspecified atom stereocenters. The predicted molar refractivity (Wildman–Crippen MR) is 110 cm³/mol. The number of nitrogens with zero attached hydrogens (tertiary/aromatic N) is 1. The van der Waals surface area contributed by atoms with Crippen LogP contribution >= 0.6 is 23.4 Å². The van der Waals surface area contributed by atoms with Crippen molar-refractivity contribution in [1.82, 2.24) is 5.32 Å². The number of thioether (sulfide) groups is 1. The molecule has 0 aliphatic carbocycles. The maximum Gasteiger partial charge on any atom is 0.240 e. The second-order valence-corrected chi connectivity index (χ2v) is 9.11. The summed E-state index contributed by atoms with van der Waals surface area (Å²) in [5.41, 5.74) is 0.223. The number of hydrogen-bond donors (Lipinski definition) is 1. The van der Waals surface area contributed by atoms with Crippen LogP contribution in [-0.4, -0.2) is 46.5 Å². The van der Waals surface area contributed by atoms with Gasteiger partial charge in [-0.2, -0.15) is 0 Å². The van der Waals surface area contributed by atoms with Gasteiger partial charge in [0.25, 0.3) is 0 Å². The number of halogens is 1. The van der Waals surface area contributed by atoms with Crippen molar-refractivity contribution < 1.29 is 17.9 Å². The Morgan fingerprint density at radius 3 is 2.56 bits per heavy atom. The molecule has 0 aromatic heterocycles. The lowest BCUT2D eigenvalue weighted by molar-refractivity contribution is -0.119. The summed E-state index contributed by atoms with van der Waals surface area (Å²) in [6.45, 7) is 0.0637. The molecule has 0 atom stereocenters. The van der Waals surface area contributed by atoms with Crippen LogP contribution in [0.4, 0.5) is 5.69 Å². The van der Waals surface area contributed by atoms with Crippen LogP contribution in [0.3, 0.4) is 0 Å². The Hall–Kier alpha value is -1.90. The maximum absolute atomic E-state index is 12.3. The van der Waals surface area contributed by atoms with E-state index in [1.165, 1.54) is 13.2 Å². The minimum absolute atomic E-state index is 0.223. The van der Waals surface area contributed by atoms with E-state index in [1.54, 1.807) is 23.9 Å². The van der Waals surface area contributed by atoms with Gasteiger partial charge in [0.1, 0.15) is 12.3 Å². The monoisotopic (exact) mass is 428 g/mol. The Balaban J connectivity index is 2.00. The average Bonchev–Trinajstić information content (AvgIpc) is 2.63. The van der Waals surface area contributed by atoms with Crippen molar-refractivity contribution in [2.24, 2.45) is 0 Å². The molecule has 2 rings (SSSR count). The first kappa shape index (κ1) is 21.4. The number of rotatable bonds is 9. The van der Waals surface area contributed by atoms with Crippen LogP contribution in [0.5, 0.6) is 5.75 Å². The normalized spacial score (nSPS) is 11.1. The standard InChI is InChI=1S/C18H21ClN2O4S2/c1-25-17-9-8-14(19)12-16(17)21(27(2,23)24)13-18(22)20-10-11-26-15-6-4-3-5-7-15/h3-9,12H,10-11,13H2,1-2H3,(H,20,22). The van der Waals surface area contributed by atoms with Crippen molar-refractivity contribution in [3.63, 3.8) is 0 Å². The quantitative estimate of drug-likeness (QED) is 0.490. The van der Waals surface area contributed by atoms with Crippen molar-refractivity contribution in [2.45, 2.75) is 4.90 Å². The Kier molecular flexibility index (Phi) is 7.82. The summed E-state index contributed by atoms with van der Waals surface area (Å²) >= 11 is 7.59. The van der Waals surface area contributed by atoms with Crippen LogP contribution in [-0.2, 0) is 14.8 Å². The molecule has 2 aromatic carbocycles. The summed E-state index contributed by atoms with van der Waals surface area (Å²) in [4.78, 5) is 13.4. The third kappa shape index (κ3) is 6.64. The zero-order chi connectivity index (χ0) is 19.9. The Labute approximate surface area is 168 Å². The maximum atomic E-state index is 12.3. The number of carbonyl (C=O) groups is 1. The molecule has 0 radical (unpaired) electrons. The molecule has 0 heterocycles. The Bertz CT molecular complexity index is 876. The molecule has 27 heavy (non-hydrogen) atoms. The topological polar surface area (TPSA) is 75.7 Å². The zero-order valence-electron chi connectivity index (χ0n) is 15.0. The van der Waals surface area contributed by atoms with Gasteiger partial charge in [0.05, 0.1) is 19.1 Å². The highest BCUT2D eigenvalue weighted by atomic mass is 35.5. The first-order chi connectivity index (χ1) is 12.8. The van der Waals surface area contributed by atoms with E-state index in [0.29, 0.717) is 23.1 Å². The molecule has 0 spiro atoms. The van der Waals surface area contributed by atoms with Crippen molar-refractivity contribution in [2.75, 3.05) is 36.5 Å². The zero-order valence-corrected chi connectivity index (χ0v) is 17.4. The minimum Gasteiger partial charge on any atom is -0.495 e. The number of benzene rings is 2. The van der Waals surface area contributed by atoms with Gasteiger partial charge in [-0.05, 0) is 30.3 Å². The molecular formula is C18H21ClN2O4S2. The van der Waals surface area contributed by atoms with Gasteiger partial charge in [0, 0.05) is 22.2 Å². The average molecular weight is 429 g/mol. The van der Waals surface area contributed by atoms with Gasteiger partial charge in [-0.25, -0.2) is 8.42 Å². The van der Waals surface area contributed by atoms with Crippen LogP contribution in [0.1, 0.15) is 0 Å². The lowest BCUT2D eigenvalue weighted by Gasteiger charge is -2.24. The number of sulfonamides is 1. The predicted octanol–water partition coefficient (Wildman–Crippen LogP) is 3.02. The molecule has 1 N–H and O–H groups in total. The molecule has 2 aromatic rings. The van der Waals surface area contributed by atoms with Crippen LogP contribution in [0, 0.1) is 0 Å². The molecule has 9 heteroatoms.